The standard InChI is InChI=1S/C13H19N3O4/c1-8(13(18)19)15-12(17)11-7-14-16(9(11)2)10-3-5-20-6-4-10/h7-8,10H,3-6H2,1-2H3,(H,15,17)(H,18,19). The van der Waals surface area contributed by atoms with E-state index in [4.69, 9.17) is 9.84 Å². The Labute approximate surface area is 116 Å². The van der Waals surface area contributed by atoms with Gasteiger partial charge in [0.15, 0.2) is 0 Å². The van der Waals surface area contributed by atoms with Gasteiger partial charge in [-0.2, -0.15) is 5.10 Å². The Morgan fingerprint density at radius 3 is 2.75 bits per heavy atom. The van der Waals surface area contributed by atoms with E-state index in [-0.39, 0.29) is 6.04 Å². The van der Waals surface area contributed by atoms with Crippen LogP contribution in [0.5, 0.6) is 0 Å². The fourth-order valence-corrected chi connectivity index (χ4v) is 2.28. The Morgan fingerprint density at radius 1 is 1.50 bits per heavy atom. The molecule has 0 aliphatic carbocycles. The number of carboxylic acid groups (broad SMARTS) is 1. The Kier molecular flexibility index (Phi) is 4.39. The van der Waals surface area contributed by atoms with Gasteiger partial charge in [-0.05, 0) is 26.7 Å². The summed E-state index contributed by atoms with van der Waals surface area (Å²) in [6.07, 6.45) is 3.24. The number of ether oxygens (including phenoxy) is 1. The van der Waals surface area contributed by atoms with Crippen LogP contribution in [0.4, 0.5) is 0 Å². The highest BCUT2D eigenvalue weighted by atomic mass is 16.5. The van der Waals surface area contributed by atoms with Crippen LogP contribution in [0, 0.1) is 6.92 Å². The predicted molar refractivity (Wildman–Crippen MR) is 70.6 cm³/mol. The van der Waals surface area contributed by atoms with Crippen molar-refractivity contribution in [3.63, 3.8) is 0 Å². The second kappa shape index (κ2) is 6.04. The molecule has 0 aromatic carbocycles. The Bertz CT molecular complexity index is 506. The van der Waals surface area contributed by atoms with E-state index in [0.29, 0.717) is 18.8 Å². The summed E-state index contributed by atoms with van der Waals surface area (Å²) in [6.45, 7) is 4.64. The summed E-state index contributed by atoms with van der Waals surface area (Å²) >= 11 is 0. The highest BCUT2D eigenvalue weighted by Gasteiger charge is 2.23. The zero-order valence-electron chi connectivity index (χ0n) is 11.6. The van der Waals surface area contributed by atoms with E-state index in [1.165, 1.54) is 13.1 Å². The summed E-state index contributed by atoms with van der Waals surface area (Å²) in [5.41, 5.74) is 1.18. The van der Waals surface area contributed by atoms with E-state index >= 15 is 0 Å². The van der Waals surface area contributed by atoms with Crippen LogP contribution >= 0.6 is 0 Å². The van der Waals surface area contributed by atoms with Crippen LogP contribution in [0.2, 0.25) is 0 Å². The van der Waals surface area contributed by atoms with Crippen molar-refractivity contribution in [3.05, 3.63) is 17.5 Å². The summed E-state index contributed by atoms with van der Waals surface area (Å²) in [7, 11) is 0. The number of aromatic nitrogens is 2. The van der Waals surface area contributed by atoms with Crippen LogP contribution in [-0.2, 0) is 9.53 Å². The lowest BCUT2D eigenvalue weighted by molar-refractivity contribution is -0.138. The summed E-state index contributed by atoms with van der Waals surface area (Å²) < 4.78 is 7.14. The molecule has 0 radical (unpaired) electrons. The van der Waals surface area contributed by atoms with E-state index in [9.17, 15) is 9.59 Å². The number of nitrogens with one attached hydrogen (secondary N) is 1. The van der Waals surface area contributed by atoms with E-state index in [2.05, 4.69) is 10.4 Å². The smallest absolute Gasteiger partial charge is 0.325 e. The van der Waals surface area contributed by atoms with Crippen LogP contribution in [-0.4, -0.2) is 46.0 Å². The summed E-state index contributed by atoms with van der Waals surface area (Å²) in [4.78, 5) is 22.8. The highest BCUT2D eigenvalue weighted by Crippen LogP contribution is 2.23. The van der Waals surface area contributed by atoms with Gasteiger partial charge in [0.25, 0.3) is 5.91 Å². The van der Waals surface area contributed by atoms with Crippen LogP contribution in [0.1, 0.15) is 41.9 Å². The normalized spacial score (nSPS) is 17.7. The molecule has 110 valence electrons. The van der Waals surface area contributed by atoms with Crippen molar-refractivity contribution in [1.29, 1.82) is 0 Å². The van der Waals surface area contributed by atoms with Crippen molar-refractivity contribution in [2.45, 2.75) is 38.8 Å². The monoisotopic (exact) mass is 281 g/mol. The third-order valence-corrected chi connectivity index (χ3v) is 3.54. The van der Waals surface area contributed by atoms with Gasteiger partial charge in [0, 0.05) is 18.9 Å². The molecule has 2 rings (SSSR count). The first-order chi connectivity index (χ1) is 9.50. The molecular weight excluding hydrogens is 262 g/mol. The van der Waals surface area contributed by atoms with Crippen molar-refractivity contribution in [1.82, 2.24) is 15.1 Å². The Balaban J connectivity index is 2.11. The molecule has 7 nitrogen and oxygen atoms in total. The molecule has 1 aromatic rings. The van der Waals surface area contributed by atoms with Crippen molar-refractivity contribution in [2.75, 3.05) is 13.2 Å². The minimum absolute atomic E-state index is 0.238. The number of hydrogen-bond acceptors (Lipinski definition) is 4. The first-order valence-corrected chi connectivity index (χ1v) is 6.66. The molecular formula is C13H19N3O4. The molecule has 2 N–H and O–H groups in total. The second-order valence-corrected chi connectivity index (χ2v) is 4.97. The third-order valence-electron chi connectivity index (χ3n) is 3.54. The largest absolute Gasteiger partial charge is 0.480 e. The minimum Gasteiger partial charge on any atom is -0.480 e. The van der Waals surface area contributed by atoms with E-state index in [1.54, 1.807) is 0 Å². The van der Waals surface area contributed by atoms with Gasteiger partial charge in [0.2, 0.25) is 0 Å². The molecule has 0 bridgehead atoms. The van der Waals surface area contributed by atoms with Gasteiger partial charge < -0.3 is 15.2 Å². The van der Waals surface area contributed by atoms with Gasteiger partial charge in [-0.1, -0.05) is 0 Å². The molecule has 1 unspecified atom stereocenters. The molecule has 1 saturated heterocycles. The van der Waals surface area contributed by atoms with Gasteiger partial charge in [0.05, 0.1) is 17.8 Å². The molecule has 1 aliphatic rings. The zero-order valence-corrected chi connectivity index (χ0v) is 11.6. The maximum atomic E-state index is 12.0. The maximum Gasteiger partial charge on any atom is 0.325 e. The molecule has 20 heavy (non-hydrogen) atoms. The number of nitrogens with zero attached hydrogens (tertiary/aromatic N) is 2. The molecule has 1 amide bonds. The summed E-state index contributed by atoms with van der Waals surface area (Å²) in [6, 6.07) is -0.685. The minimum atomic E-state index is -1.06. The molecule has 1 atom stereocenters. The number of carboxylic acids is 1. The number of carbonyl (C=O) groups excluding carboxylic acids is 1. The predicted octanol–water partition coefficient (Wildman–Crippen LogP) is 0.746. The van der Waals surface area contributed by atoms with Crippen molar-refractivity contribution >= 4 is 11.9 Å². The van der Waals surface area contributed by atoms with E-state index < -0.39 is 17.9 Å². The quantitative estimate of drug-likeness (QED) is 0.849. The van der Waals surface area contributed by atoms with Crippen LogP contribution in [0.25, 0.3) is 0 Å². The van der Waals surface area contributed by atoms with E-state index in [0.717, 1.165) is 18.5 Å². The molecule has 1 aromatic heterocycles. The topological polar surface area (TPSA) is 93.5 Å². The number of carbonyl (C=O) groups is 2. The molecule has 1 fully saturated rings. The van der Waals surface area contributed by atoms with Gasteiger partial charge in [0.1, 0.15) is 6.04 Å². The molecule has 2 heterocycles. The first kappa shape index (κ1) is 14.5. The third kappa shape index (κ3) is 2.98. The Morgan fingerprint density at radius 2 is 2.15 bits per heavy atom. The average molecular weight is 281 g/mol. The van der Waals surface area contributed by atoms with Crippen molar-refractivity contribution in [2.24, 2.45) is 0 Å². The number of aliphatic carboxylic acids is 1. The lowest BCUT2D eigenvalue weighted by Gasteiger charge is -2.23. The van der Waals surface area contributed by atoms with Gasteiger partial charge in [-0.3, -0.25) is 14.3 Å². The number of hydrogen-bond donors (Lipinski definition) is 2. The molecule has 7 heteroatoms. The molecule has 1 aliphatic heterocycles. The van der Waals surface area contributed by atoms with Gasteiger partial charge in [-0.15, -0.1) is 0 Å². The van der Waals surface area contributed by atoms with Crippen molar-refractivity contribution in [3.8, 4) is 0 Å². The average Bonchev–Trinajstić information content (AvgIpc) is 2.81. The Hall–Kier alpha value is -1.89. The SMILES string of the molecule is Cc1c(C(=O)NC(C)C(=O)O)cnn1C1CCOCC1. The molecule has 0 saturated carbocycles. The lowest BCUT2D eigenvalue weighted by Crippen LogP contribution is -2.38. The van der Waals surface area contributed by atoms with Gasteiger partial charge in [-0.25, -0.2) is 0 Å². The van der Waals surface area contributed by atoms with Crippen LogP contribution in [0.3, 0.4) is 0 Å². The maximum absolute atomic E-state index is 12.0. The number of amides is 1. The van der Waals surface area contributed by atoms with E-state index in [1.807, 2.05) is 11.6 Å². The lowest BCUT2D eigenvalue weighted by atomic mass is 10.1. The fourth-order valence-electron chi connectivity index (χ4n) is 2.28. The highest BCUT2D eigenvalue weighted by molar-refractivity contribution is 5.97. The first-order valence-electron chi connectivity index (χ1n) is 6.66. The van der Waals surface area contributed by atoms with Gasteiger partial charge >= 0.3 is 5.97 Å². The van der Waals surface area contributed by atoms with Crippen LogP contribution < -0.4 is 5.32 Å². The molecule has 0 spiro atoms. The second-order valence-electron chi connectivity index (χ2n) is 4.97. The summed E-state index contributed by atoms with van der Waals surface area (Å²) in [5.74, 6) is -1.47. The van der Waals surface area contributed by atoms with Crippen LogP contribution in [0.15, 0.2) is 6.20 Å². The zero-order chi connectivity index (χ0) is 14.7. The van der Waals surface area contributed by atoms with Crippen molar-refractivity contribution < 1.29 is 19.4 Å². The number of rotatable bonds is 4. The fraction of sp³-hybridized carbons (Fsp3) is 0.615. The summed E-state index contributed by atoms with van der Waals surface area (Å²) in [5, 5.41) is 15.5.